The van der Waals surface area contributed by atoms with Gasteiger partial charge in [0.15, 0.2) is 0 Å². The molecule has 0 bridgehead atoms. The molecule has 6 nitrogen and oxygen atoms in total. The number of nitrogens with one attached hydrogen (secondary N) is 2. The molecule has 0 radical (unpaired) electrons. The second-order valence-corrected chi connectivity index (χ2v) is 10.4. The lowest BCUT2D eigenvalue weighted by molar-refractivity contribution is -0.137. The van der Waals surface area contributed by atoms with Crippen molar-refractivity contribution in [3.63, 3.8) is 0 Å². The van der Waals surface area contributed by atoms with E-state index in [4.69, 9.17) is 0 Å². The van der Waals surface area contributed by atoms with E-state index in [9.17, 15) is 31.2 Å². The van der Waals surface area contributed by atoms with E-state index in [1.807, 2.05) is 13.0 Å². The third-order valence-corrected chi connectivity index (χ3v) is 7.36. The summed E-state index contributed by atoms with van der Waals surface area (Å²) in [5.41, 5.74) is 0.893. The number of carbonyl (C=O) groups is 2. The molecule has 0 aliphatic heterocycles. The third-order valence-electron chi connectivity index (χ3n) is 5.58. The summed E-state index contributed by atoms with van der Waals surface area (Å²) in [4.78, 5) is 24.7. The minimum Gasteiger partial charge on any atom is -0.322 e. The molecular formula is C28H21F3N2O4S. The monoisotopic (exact) mass is 538 g/mol. The highest BCUT2D eigenvalue weighted by molar-refractivity contribution is 7.91. The number of anilines is 2. The van der Waals surface area contributed by atoms with Crippen LogP contribution in [-0.4, -0.2) is 20.2 Å². The summed E-state index contributed by atoms with van der Waals surface area (Å²) in [5.74, 6) is -1.10. The van der Waals surface area contributed by atoms with E-state index in [2.05, 4.69) is 10.6 Å². The first kappa shape index (κ1) is 26.6. The highest BCUT2D eigenvalue weighted by atomic mass is 32.2. The van der Waals surface area contributed by atoms with Gasteiger partial charge in [-0.05, 0) is 85.8 Å². The fraction of sp³-hybridized carbons (Fsp3) is 0.0714. The molecular weight excluding hydrogens is 517 g/mol. The zero-order valence-electron chi connectivity index (χ0n) is 19.9. The summed E-state index contributed by atoms with van der Waals surface area (Å²) >= 11 is 0. The van der Waals surface area contributed by atoms with Crippen LogP contribution in [0.5, 0.6) is 0 Å². The number of alkyl halides is 3. The summed E-state index contributed by atoms with van der Waals surface area (Å²) in [7, 11) is -3.91. The fourth-order valence-corrected chi connectivity index (χ4v) is 4.86. The van der Waals surface area contributed by atoms with Gasteiger partial charge in [0.25, 0.3) is 11.8 Å². The van der Waals surface area contributed by atoms with Crippen molar-refractivity contribution < 1.29 is 31.2 Å². The van der Waals surface area contributed by atoms with Gasteiger partial charge in [0.05, 0.1) is 15.4 Å². The molecule has 2 N–H and O–H groups in total. The summed E-state index contributed by atoms with van der Waals surface area (Å²) < 4.78 is 64.8. The number of hydrogen-bond acceptors (Lipinski definition) is 4. The lowest BCUT2D eigenvalue weighted by Gasteiger charge is -2.10. The average Bonchev–Trinajstić information content (AvgIpc) is 2.89. The first-order chi connectivity index (χ1) is 17.9. The zero-order chi connectivity index (χ0) is 27.5. The highest BCUT2D eigenvalue weighted by Gasteiger charge is 2.31. The molecule has 0 unspecified atom stereocenters. The first-order valence-corrected chi connectivity index (χ1v) is 12.7. The molecule has 0 saturated heterocycles. The Labute approximate surface area is 217 Å². The van der Waals surface area contributed by atoms with Gasteiger partial charge in [-0.2, -0.15) is 13.2 Å². The van der Waals surface area contributed by atoms with Crippen molar-refractivity contribution in [3.05, 3.63) is 119 Å². The number of halogens is 3. The van der Waals surface area contributed by atoms with Gasteiger partial charge in [-0.15, -0.1) is 0 Å². The van der Waals surface area contributed by atoms with Crippen molar-refractivity contribution in [2.75, 3.05) is 10.6 Å². The number of aryl methyl sites for hydroxylation is 1. The van der Waals surface area contributed by atoms with Gasteiger partial charge >= 0.3 is 6.18 Å². The molecule has 0 aliphatic carbocycles. The van der Waals surface area contributed by atoms with Crippen molar-refractivity contribution in [1.82, 2.24) is 0 Å². The minimum absolute atomic E-state index is 0.00759. The van der Waals surface area contributed by atoms with E-state index in [-0.39, 0.29) is 26.9 Å². The summed E-state index contributed by atoms with van der Waals surface area (Å²) in [6, 6.07) is 22.0. The van der Waals surface area contributed by atoms with E-state index in [1.165, 1.54) is 54.6 Å². The van der Waals surface area contributed by atoms with Crippen LogP contribution in [0.4, 0.5) is 24.5 Å². The van der Waals surface area contributed by atoms with Crippen LogP contribution in [-0.2, 0) is 16.0 Å². The van der Waals surface area contributed by atoms with Gasteiger partial charge in [-0.3, -0.25) is 9.59 Å². The molecule has 0 aliphatic rings. The number of sulfone groups is 1. The van der Waals surface area contributed by atoms with Gasteiger partial charge in [-0.1, -0.05) is 23.8 Å². The van der Waals surface area contributed by atoms with Crippen LogP contribution < -0.4 is 10.6 Å². The zero-order valence-corrected chi connectivity index (χ0v) is 20.7. The van der Waals surface area contributed by atoms with Crippen LogP contribution in [0.25, 0.3) is 0 Å². The summed E-state index contributed by atoms with van der Waals surface area (Å²) in [5, 5.41) is 5.17. The van der Waals surface area contributed by atoms with Crippen molar-refractivity contribution in [3.8, 4) is 0 Å². The average molecular weight is 539 g/mol. The van der Waals surface area contributed by atoms with E-state index in [1.54, 1.807) is 18.2 Å². The quantitative estimate of drug-likeness (QED) is 0.299. The lowest BCUT2D eigenvalue weighted by atomic mass is 10.1. The summed E-state index contributed by atoms with van der Waals surface area (Å²) in [6.07, 6.45) is -4.59. The van der Waals surface area contributed by atoms with Crippen LogP contribution in [0.15, 0.2) is 107 Å². The largest absolute Gasteiger partial charge is 0.416 e. The molecule has 0 spiro atoms. The van der Waals surface area contributed by atoms with Crippen molar-refractivity contribution in [2.24, 2.45) is 0 Å². The number of benzene rings is 4. The Bertz CT molecular complexity index is 1600. The van der Waals surface area contributed by atoms with Gasteiger partial charge < -0.3 is 10.6 Å². The van der Waals surface area contributed by atoms with Gasteiger partial charge in [0.1, 0.15) is 0 Å². The molecule has 0 aromatic heterocycles. The van der Waals surface area contributed by atoms with Crippen LogP contribution in [0.2, 0.25) is 0 Å². The van der Waals surface area contributed by atoms with Crippen LogP contribution in [0.1, 0.15) is 31.8 Å². The van der Waals surface area contributed by atoms with Crippen molar-refractivity contribution in [2.45, 2.75) is 22.9 Å². The molecule has 0 heterocycles. The topological polar surface area (TPSA) is 92.3 Å². The van der Waals surface area contributed by atoms with E-state index < -0.39 is 27.5 Å². The Morgan fingerprint density at radius 2 is 1.11 bits per heavy atom. The Kier molecular flexibility index (Phi) is 7.36. The molecule has 194 valence electrons. The normalized spacial score (nSPS) is 11.6. The minimum atomic E-state index is -4.59. The maximum atomic E-state index is 13.0. The molecule has 4 aromatic carbocycles. The smallest absolute Gasteiger partial charge is 0.322 e. The molecule has 4 rings (SSSR count). The molecule has 38 heavy (non-hydrogen) atoms. The van der Waals surface area contributed by atoms with Crippen molar-refractivity contribution in [1.29, 1.82) is 0 Å². The van der Waals surface area contributed by atoms with Crippen molar-refractivity contribution >= 4 is 33.0 Å². The Hall–Kier alpha value is -4.44. The van der Waals surface area contributed by atoms with Gasteiger partial charge in [0.2, 0.25) is 9.84 Å². The Balaban J connectivity index is 1.44. The van der Waals surface area contributed by atoms with E-state index >= 15 is 0 Å². The number of hydrogen-bond donors (Lipinski definition) is 2. The maximum absolute atomic E-state index is 13.0. The molecule has 0 fully saturated rings. The fourth-order valence-electron chi connectivity index (χ4n) is 3.60. The molecule has 0 atom stereocenters. The second kappa shape index (κ2) is 10.5. The predicted octanol–water partition coefficient (Wildman–Crippen LogP) is 6.35. The predicted molar refractivity (Wildman–Crippen MR) is 137 cm³/mol. The Morgan fingerprint density at radius 3 is 1.55 bits per heavy atom. The van der Waals surface area contributed by atoms with Crippen LogP contribution >= 0.6 is 0 Å². The molecule has 0 saturated carbocycles. The first-order valence-electron chi connectivity index (χ1n) is 11.3. The third kappa shape index (κ3) is 6.09. The number of rotatable bonds is 6. The molecule has 10 heteroatoms. The van der Waals surface area contributed by atoms with Crippen LogP contribution in [0.3, 0.4) is 0 Å². The maximum Gasteiger partial charge on any atom is 0.416 e. The van der Waals surface area contributed by atoms with E-state index in [0.29, 0.717) is 11.3 Å². The Morgan fingerprint density at radius 1 is 0.658 bits per heavy atom. The standard InChI is InChI=1S/C28H21F3N2O4S/c1-18-4-2-5-19(16-18)26(34)32-22-8-12-24(13-9-22)38(36,37)25-14-10-23(11-15-25)33-27(35)20-6-3-7-21(17-20)28(29,30)31/h2-17H,1H3,(H,32,34)(H,33,35). The number of carbonyl (C=O) groups excluding carboxylic acids is 2. The van der Waals surface area contributed by atoms with E-state index in [0.717, 1.165) is 23.8 Å². The summed E-state index contributed by atoms with van der Waals surface area (Å²) in [6.45, 7) is 1.87. The second-order valence-electron chi connectivity index (χ2n) is 8.41. The highest BCUT2D eigenvalue weighted by Crippen LogP contribution is 2.30. The van der Waals surface area contributed by atoms with Gasteiger partial charge in [0, 0.05) is 22.5 Å². The van der Waals surface area contributed by atoms with Crippen LogP contribution in [0, 0.1) is 6.92 Å². The lowest BCUT2D eigenvalue weighted by Crippen LogP contribution is -2.14. The SMILES string of the molecule is Cc1cccc(C(=O)Nc2ccc(S(=O)(=O)c3ccc(NC(=O)c4cccc(C(F)(F)F)c4)cc3)cc2)c1. The van der Waals surface area contributed by atoms with Gasteiger partial charge in [-0.25, -0.2) is 8.42 Å². The molecule has 4 aromatic rings. The molecule has 2 amide bonds. The number of amides is 2.